The van der Waals surface area contributed by atoms with E-state index in [0.29, 0.717) is 27.5 Å². The first-order valence-electron chi connectivity index (χ1n) is 9.33. The molecule has 148 valence electrons. The number of anilines is 2. The number of nitrogens with zero attached hydrogens (tertiary/aromatic N) is 1. The second-order valence-electron chi connectivity index (χ2n) is 6.86. The van der Waals surface area contributed by atoms with Gasteiger partial charge >= 0.3 is 0 Å². The summed E-state index contributed by atoms with van der Waals surface area (Å²) in [7, 11) is 0. The van der Waals surface area contributed by atoms with Crippen molar-refractivity contribution in [2.45, 2.75) is 6.92 Å². The number of rotatable bonds is 4. The normalized spacial score (nSPS) is 10.6. The average molecular weight is 416 g/mol. The SMILES string of the molecule is Cc1ccc(NC(=O)c2ccc(Cl)cc2)cc1NC(=O)c1ccc2ncccc2c1. The average Bonchev–Trinajstić information content (AvgIpc) is 2.76. The van der Waals surface area contributed by atoms with Crippen molar-refractivity contribution >= 4 is 45.7 Å². The zero-order chi connectivity index (χ0) is 21.1. The predicted octanol–water partition coefficient (Wildman–Crippen LogP) is 5.70. The van der Waals surface area contributed by atoms with E-state index in [1.807, 2.05) is 31.2 Å². The molecule has 2 N–H and O–H groups in total. The number of halogens is 1. The summed E-state index contributed by atoms with van der Waals surface area (Å²) in [6.07, 6.45) is 1.72. The molecule has 0 spiro atoms. The molecule has 4 aromatic rings. The van der Waals surface area contributed by atoms with Gasteiger partial charge in [0.25, 0.3) is 11.8 Å². The molecule has 0 saturated carbocycles. The van der Waals surface area contributed by atoms with Crippen molar-refractivity contribution in [2.75, 3.05) is 10.6 Å². The van der Waals surface area contributed by atoms with Gasteiger partial charge in [-0.1, -0.05) is 23.7 Å². The molecule has 0 bridgehead atoms. The quantitative estimate of drug-likeness (QED) is 0.449. The molecule has 1 aromatic heterocycles. The third-order valence-corrected chi connectivity index (χ3v) is 4.97. The molecule has 30 heavy (non-hydrogen) atoms. The van der Waals surface area contributed by atoms with Crippen molar-refractivity contribution < 1.29 is 9.59 Å². The molecule has 5 nitrogen and oxygen atoms in total. The Labute approximate surface area is 178 Å². The Bertz CT molecular complexity index is 1250. The van der Waals surface area contributed by atoms with E-state index < -0.39 is 0 Å². The minimum absolute atomic E-state index is 0.231. The second kappa shape index (κ2) is 8.35. The molecule has 0 aliphatic heterocycles. The summed E-state index contributed by atoms with van der Waals surface area (Å²) in [5, 5.41) is 7.23. The number of hydrogen-bond donors (Lipinski definition) is 2. The van der Waals surface area contributed by atoms with Crippen molar-refractivity contribution in [1.82, 2.24) is 4.98 Å². The topological polar surface area (TPSA) is 71.1 Å². The third kappa shape index (κ3) is 4.31. The van der Waals surface area contributed by atoms with Crippen LogP contribution in [0.3, 0.4) is 0 Å². The summed E-state index contributed by atoms with van der Waals surface area (Å²) in [5.41, 5.74) is 3.95. The zero-order valence-electron chi connectivity index (χ0n) is 16.1. The number of carbonyl (C=O) groups is 2. The van der Waals surface area contributed by atoms with Crippen molar-refractivity contribution in [1.29, 1.82) is 0 Å². The van der Waals surface area contributed by atoms with E-state index in [1.165, 1.54) is 0 Å². The van der Waals surface area contributed by atoms with Gasteiger partial charge in [0.05, 0.1) is 5.52 Å². The Kier molecular flexibility index (Phi) is 5.46. The van der Waals surface area contributed by atoms with E-state index in [-0.39, 0.29) is 11.8 Å². The maximum absolute atomic E-state index is 12.8. The number of benzene rings is 3. The number of hydrogen-bond acceptors (Lipinski definition) is 3. The van der Waals surface area contributed by atoms with Crippen LogP contribution in [0.5, 0.6) is 0 Å². The maximum Gasteiger partial charge on any atom is 0.255 e. The highest BCUT2D eigenvalue weighted by molar-refractivity contribution is 6.30. The molecule has 6 heteroatoms. The lowest BCUT2D eigenvalue weighted by Crippen LogP contribution is -2.14. The summed E-state index contributed by atoms with van der Waals surface area (Å²) in [6.45, 7) is 1.89. The largest absolute Gasteiger partial charge is 0.322 e. The Balaban J connectivity index is 1.53. The van der Waals surface area contributed by atoms with Crippen LogP contribution in [0.25, 0.3) is 10.9 Å². The number of fused-ring (bicyclic) bond motifs is 1. The molecular formula is C24H18ClN3O2. The minimum Gasteiger partial charge on any atom is -0.322 e. The van der Waals surface area contributed by atoms with Crippen LogP contribution in [0.2, 0.25) is 5.02 Å². The smallest absolute Gasteiger partial charge is 0.255 e. The van der Waals surface area contributed by atoms with E-state index in [2.05, 4.69) is 15.6 Å². The molecule has 2 amide bonds. The minimum atomic E-state index is -0.255. The molecule has 0 unspecified atom stereocenters. The summed E-state index contributed by atoms with van der Waals surface area (Å²) in [4.78, 5) is 29.5. The summed E-state index contributed by atoms with van der Waals surface area (Å²) in [5.74, 6) is -0.486. The van der Waals surface area contributed by atoms with Gasteiger partial charge in [0.15, 0.2) is 0 Å². The van der Waals surface area contributed by atoms with Crippen molar-refractivity contribution in [3.05, 3.63) is 101 Å². The van der Waals surface area contributed by atoms with Crippen LogP contribution in [0.15, 0.2) is 79.0 Å². The third-order valence-electron chi connectivity index (χ3n) is 4.72. The highest BCUT2D eigenvalue weighted by atomic mass is 35.5. The summed E-state index contributed by atoms with van der Waals surface area (Å²) in [6, 6.07) is 21.1. The van der Waals surface area contributed by atoms with Gasteiger partial charge < -0.3 is 10.6 Å². The van der Waals surface area contributed by atoms with Crippen LogP contribution in [0.4, 0.5) is 11.4 Å². The van der Waals surface area contributed by atoms with Crippen molar-refractivity contribution in [3.63, 3.8) is 0 Å². The van der Waals surface area contributed by atoms with Crippen LogP contribution < -0.4 is 10.6 Å². The number of pyridine rings is 1. The Morgan fingerprint density at radius 1 is 0.833 bits per heavy atom. The maximum atomic E-state index is 12.8. The van der Waals surface area contributed by atoms with E-state index in [4.69, 9.17) is 11.6 Å². The molecule has 0 aliphatic rings. The number of carbonyl (C=O) groups excluding carboxylic acids is 2. The molecule has 3 aromatic carbocycles. The summed E-state index contributed by atoms with van der Waals surface area (Å²) < 4.78 is 0. The van der Waals surface area contributed by atoms with Crippen LogP contribution in [0.1, 0.15) is 26.3 Å². The van der Waals surface area contributed by atoms with Crippen molar-refractivity contribution in [2.24, 2.45) is 0 Å². The fourth-order valence-electron chi connectivity index (χ4n) is 3.05. The lowest BCUT2D eigenvalue weighted by Gasteiger charge is -2.12. The van der Waals surface area contributed by atoms with Crippen LogP contribution in [-0.2, 0) is 0 Å². The highest BCUT2D eigenvalue weighted by Crippen LogP contribution is 2.23. The highest BCUT2D eigenvalue weighted by Gasteiger charge is 2.11. The lowest BCUT2D eigenvalue weighted by molar-refractivity contribution is 0.101. The number of nitrogens with one attached hydrogen (secondary N) is 2. The number of aromatic nitrogens is 1. The van der Waals surface area contributed by atoms with Gasteiger partial charge in [-0.3, -0.25) is 14.6 Å². The number of amides is 2. The van der Waals surface area contributed by atoms with E-state index in [0.717, 1.165) is 16.5 Å². The van der Waals surface area contributed by atoms with Crippen LogP contribution in [0, 0.1) is 6.92 Å². The molecule has 4 rings (SSSR count). The van der Waals surface area contributed by atoms with E-state index in [9.17, 15) is 9.59 Å². The molecule has 0 fully saturated rings. The molecule has 1 heterocycles. The molecular weight excluding hydrogens is 398 g/mol. The fourth-order valence-corrected chi connectivity index (χ4v) is 3.18. The van der Waals surface area contributed by atoms with E-state index >= 15 is 0 Å². The second-order valence-corrected chi connectivity index (χ2v) is 7.29. The monoisotopic (exact) mass is 415 g/mol. The first kappa shape index (κ1) is 19.6. The van der Waals surface area contributed by atoms with Crippen molar-refractivity contribution in [3.8, 4) is 0 Å². The first-order chi connectivity index (χ1) is 14.5. The van der Waals surface area contributed by atoms with Crippen LogP contribution >= 0.6 is 11.6 Å². The molecule has 0 radical (unpaired) electrons. The summed E-state index contributed by atoms with van der Waals surface area (Å²) >= 11 is 5.87. The first-order valence-corrected chi connectivity index (χ1v) is 9.71. The predicted molar refractivity (Wildman–Crippen MR) is 120 cm³/mol. The Morgan fingerprint density at radius 3 is 2.37 bits per heavy atom. The van der Waals surface area contributed by atoms with Crippen LogP contribution in [-0.4, -0.2) is 16.8 Å². The van der Waals surface area contributed by atoms with Gasteiger partial charge in [0.2, 0.25) is 0 Å². The fraction of sp³-hybridized carbons (Fsp3) is 0.0417. The molecule has 0 aliphatic carbocycles. The zero-order valence-corrected chi connectivity index (χ0v) is 16.9. The standard InChI is InChI=1S/C24H18ClN3O2/c1-15-4-10-20(27-23(29)16-5-8-19(25)9-6-16)14-22(15)28-24(30)18-7-11-21-17(13-18)3-2-12-26-21/h2-14H,1H3,(H,27,29)(H,28,30). The van der Waals surface area contributed by atoms with Gasteiger partial charge in [-0.15, -0.1) is 0 Å². The lowest BCUT2D eigenvalue weighted by atomic mass is 10.1. The van der Waals surface area contributed by atoms with E-state index in [1.54, 1.807) is 54.7 Å². The number of aryl methyl sites for hydroxylation is 1. The molecule has 0 saturated heterocycles. The van der Waals surface area contributed by atoms with Gasteiger partial charge in [0, 0.05) is 39.1 Å². The van der Waals surface area contributed by atoms with Gasteiger partial charge in [0.1, 0.15) is 0 Å². The van der Waals surface area contributed by atoms with Gasteiger partial charge in [-0.2, -0.15) is 0 Å². The Hall–Kier alpha value is -3.70. The molecule has 0 atom stereocenters. The van der Waals surface area contributed by atoms with Gasteiger partial charge in [-0.05, 0) is 73.2 Å². The Morgan fingerprint density at radius 2 is 1.57 bits per heavy atom. The van der Waals surface area contributed by atoms with Gasteiger partial charge in [-0.25, -0.2) is 0 Å².